The molecular formula is C25H21ClN2O3. The summed E-state index contributed by atoms with van der Waals surface area (Å²) in [5, 5.41) is 3.75. The van der Waals surface area contributed by atoms with Gasteiger partial charge >= 0.3 is 0 Å². The van der Waals surface area contributed by atoms with E-state index >= 15 is 0 Å². The van der Waals surface area contributed by atoms with E-state index in [9.17, 15) is 9.59 Å². The predicted octanol–water partition coefficient (Wildman–Crippen LogP) is 5.05. The number of methoxy groups -OCH3 is 1. The molecule has 0 bridgehead atoms. The van der Waals surface area contributed by atoms with Gasteiger partial charge in [0.2, 0.25) is 0 Å². The molecule has 0 unspecified atom stereocenters. The standard InChI is InChI=1S/C25H21ClN2O3/c1-16-6-10-18(11-7-16)22-23(27-20-4-3-5-21(14-20)31-2)25(30)28(24(22)29)15-17-8-12-19(26)13-9-17/h3-14,27H,15H2,1-2H3. The van der Waals surface area contributed by atoms with E-state index in [0.29, 0.717) is 27.6 Å². The first-order valence-electron chi connectivity index (χ1n) is 9.79. The van der Waals surface area contributed by atoms with Gasteiger partial charge in [-0.15, -0.1) is 0 Å². The summed E-state index contributed by atoms with van der Waals surface area (Å²) in [5.41, 5.74) is 3.83. The number of halogens is 1. The molecule has 3 aromatic rings. The van der Waals surface area contributed by atoms with E-state index in [4.69, 9.17) is 16.3 Å². The van der Waals surface area contributed by atoms with E-state index in [-0.39, 0.29) is 24.1 Å². The highest BCUT2D eigenvalue weighted by Crippen LogP contribution is 2.32. The smallest absolute Gasteiger partial charge is 0.278 e. The molecule has 1 aliphatic heterocycles. The lowest BCUT2D eigenvalue weighted by Gasteiger charge is -2.15. The fourth-order valence-electron chi connectivity index (χ4n) is 3.44. The second kappa shape index (κ2) is 8.66. The zero-order valence-corrected chi connectivity index (χ0v) is 17.9. The third kappa shape index (κ3) is 4.32. The van der Waals surface area contributed by atoms with Crippen molar-refractivity contribution in [1.82, 2.24) is 4.90 Å². The van der Waals surface area contributed by atoms with Crippen molar-refractivity contribution >= 4 is 34.7 Å². The van der Waals surface area contributed by atoms with Crippen LogP contribution in [0.25, 0.3) is 5.57 Å². The second-order valence-corrected chi connectivity index (χ2v) is 7.73. The van der Waals surface area contributed by atoms with Gasteiger partial charge in [-0.3, -0.25) is 14.5 Å². The van der Waals surface area contributed by atoms with Crippen LogP contribution < -0.4 is 10.1 Å². The van der Waals surface area contributed by atoms with E-state index in [1.165, 1.54) is 4.90 Å². The number of nitrogens with one attached hydrogen (secondary N) is 1. The summed E-state index contributed by atoms with van der Waals surface area (Å²) in [6, 6.07) is 21.9. The third-order valence-corrected chi connectivity index (χ3v) is 5.35. The topological polar surface area (TPSA) is 58.6 Å². The number of imide groups is 1. The third-order valence-electron chi connectivity index (χ3n) is 5.10. The van der Waals surface area contributed by atoms with Gasteiger partial charge in [0.1, 0.15) is 11.4 Å². The number of anilines is 1. The Morgan fingerprint density at radius 2 is 1.65 bits per heavy atom. The Bertz CT molecular complexity index is 1170. The minimum atomic E-state index is -0.377. The molecule has 0 saturated carbocycles. The summed E-state index contributed by atoms with van der Waals surface area (Å²) in [7, 11) is 1.58. The highest BCUT2D eigenvalue weighted by molar-refractivity contribution is 6.36. The number of rotatable bonds is 6. The molecule has 0 spiro atoms. The Morgan fingerprint density at radius 1 is 0.935 bits per heavy atom. The van der Waals surface area contributed by atoms with E-state index in [2.05, 4.69) is 5.32 Å². The van der Waals surface area contributed by atoms with Crippen LogP contribution in [0, 0.1) is 6.92 Å². The number of carbonyl (C=O) groups is 2. The fraction of sp³-hybridized carbons (Fsp3) is 0.120. The van der Waals surface area contributed by atoms with Crippen molar-refractivity contribution < 1.29 is 14.3 Å². The Hall–Kier alpha value is -3.57. The van der Waals surface area contributed by atoms with Gasteiger partial charge in [-0.2, -0.15) is 0 Å². The number of hydrogen-bond donors (Lipinski definition) is 1. The summed E-state index contributed by atoms with van der Waals surface area (Å²) >= 11 is 5.96. The van der Waals surface area contributed by atoms with Gasteiger partial charge in [-0.25, -0.2) is 0 Å². The summed E-state index contributed by atoms with van der Waals surface area (Å²) in [6.07, 6.45) is 0. The van der Waals surface area contributed by atoms with Gasteiger partial charge in [0.25, 0.3) is 11.8 Å². The van der Waals surface area contributed by atoms with Gasteiger partial charge < -0.3 is 10.1 Å². The van der Waals surface area contributed by atoms with Crippen LogP contribution in [0.4, 0.5) is 5.69 Å². The van der Waals surface area contributed by atoms with E-state index in [1.807, 2.05) is 61.5 Å². The summed E-state index contributed by atoms with van der Waals surface area (Å²) in [6.45, 7) is 2.13. The second-order valence-electron chi connectivity index (χ2n) is 7.30. The van der Waals surface area contributed by atoms with Crippen LogP contribution in [-0.4, -0.2) is 23.8 Å². The number of carbonyl (C=O) groups excluding carboxylic acids is 2. The monoisotopic (exact) mass is 432 g/mol. The molecule has 3 aromatic carbocycles. The molecule has 0 aliphatic carbocycles. The van der Waals surface area contributed by atoms with Crippen molar-refractivity contribution in [2.75, 3.05) is 12.4 Å². The van der Waals surface area contributed by atoms with Gasteiger partial charge in [-0.05, 0) is 42.3 Å². The normalized spacial score (nSPS) is 13.7. The van der Waals surface area contributed by atoms with Gasteiger partial charge in [-0.1, -0.05) is 59.6 Å². The van der Waals surface area contributed by atoms with Gasteiger partial charge in [0, 0.05) is 16.8 Å². The van der Waals surface area contributed by atoms with Crippen molar-refractivity contribution in [2.45, 2.75) is 13.5 Å². The molecule has 4 rings (SSSR count). The minimum Gasteiger partial charge on any atom is -0.497 e. The highest BCUT2D eigenvalue weighted by atomic mass is 35.5. The van der Waals surface area contributed by atoms with E-state index in [1.54, 1.807) is 25.3 Å². The number of benzene rings is 3. The van der Waals surface area contributed by atoms with E-state index < -0.39 is 0 Å². The van der Waals surface area contributed by atoms with Crippen molar-refractivity contribution in [3.63, 3.8) is 0 Å². The van der Waals surface area contributed by atoms with Crippen molar-refractivity contribution in [3.05, 3.63) is 100 Å². The number of hydrogen-bond acceptors (Lipinski definition) is 4. The lowest BCUT2D eigenvalue weighted by atomic mass is 10.0. The van der Waals surface area contributed by atoms with E-state index in [0.717, 1.165) is 11.1 Å². The molecule has 1 N–H and O–H groups in total. The van der Waals surface area contributed by atoms with Crippen LogP contribution in [-0.2, 0) is 16.1 Å². The number of amides is 2. The Balaban J connectivity index is 1.73. The average molecular weight is 433 g/mol. The first-order valence-corrected chi connectivity index (χ1v) is 10.2. The molecule has 0 saturated heterocycles. The number of aryl methyl sites for hydroxylation is 1. The van der Waals surface area contributed by atoms with Gasteiger partial charge in [0.05, 0.1) is 19.2 Å². The molecule has 1 heterocycles. The predicted molar refractivity (Wildman–Crippen MR) is 122 cm³/mol. The lowest BCUT2D eigenvalue weighted by Crippen LogP contribution is -2.32. The van der Waals surface area contributed by atoms with Crippen molar-refractivity contribution in [1.29, 1.82) is 0 Å². The molecule has 2 amide bonds. The van der Waals surface area contributed by atoms with Crippen LogP contribution in [0.1, 0.15) is 16.7 Å². The first-order chi connectivity index (χ1) is 15.0. The molecule has 31 heavy (non-hydrogen) atoms. The fourth-order valence-corrected chi connectivity index (χ4v) is 3.57. The molecule has 0 atom stereocenters. The molecule has 1 aliphatic rings. The highest BCUT2D eigenvalue weighted by Gasteiger charge is 2.39. The summed E-state index contributed by atoms with van der Waals surface area (Å²) in [5.74, 6) is -0.0650. The zero-order chi connectivity index (χ0) is 22.0. The molecular weight excluding hydrogens is 412 g/mol. The van der Waals surface area contributed by atoms with Crippen LogP contribution in [0.15, 0.2) is 78.5 Å². The molecule has 5 nitrogen and oxygen atoms in total. The average Bonchev–Trinajstić information content (AvgIpc) is 3.00. The van der Waals surface area contributed by atoms with Crippen molar-refractivity contribution in [3.8, 4) is 5.75 Å². The first kappa shape index (κ1) is 20.7. The Kier molecular flexibility index (Phi) is 5.78. The number of nitrogens with zero attached hydrogens (tertiary/aromatic N) is 1. The minimum absolute atomic E-state index is 0.160. The molecule has 156 valence electrons. The largest absolute Gasteiger partial charge is 0.497 e. The lowest BCUT2D eigenvalue weighted by molar-refractivity contribution is -0.137. The maximum atomic E-state index is 13.4. The maximum absolute atomic E-state index is 13.4. The Morgan fingerprint density at radius 3 is 2.32 bits per heavy atom. The van der Waals surface area contributed by atoms with Crippen molar-refractivity contribution in [2.24, 2.45) is 0 Å². The maximum Gasteiger partial charge on any atom is 0.278 e. The number of ether oxygens (including phenoxy) is 1. The molecule has 0 fully saturated rings. The zero-order valence-electron chi connectivity index (χ0n) is 17.2. The summed E-state index contributed by atoms with van der Waals surface area (Å²) in [4.78, 5) is 27.9. The quantitative estimate of drug-likeness (QED) is 0.554. The molecule has 6 heteroatoms. The SMILES string of the molecule is COc1cccc(NC2=C(c3ccc(C)cc3)C(=O)N(Cc3ccc(Cl)cc3)C2=O)c1. The van der Waals surface area contributed by atoms with Crippen LogP contribution in [0.3, 0.4) is 0 Å². The van der Waals surface area contributed by atoms with Crippen LogP contribution in [0.5, 0.6) is 5.75 Å². The van der Waals surface area contributed by atoms with Crippen LogP contribution in [0.2, 0.25) is 5.02 Å². The molecule has 0 radical (unpaired) electrons. The molecule has 0 aromatic heterocycles. The van der Waals surface area contributed by atoms with Crippen LogP contribution >= 0.6 is 11.6 Å². The van der Waals surface area contributed by atoms with Gasteiger partial charge in [0.15, 0.2) is 0 Å². The summed E-state index contributed by atoms with van der Waals surface area (Å²) < 4.78 is 5.27. The Labute approximate surface area is 185 Å².